The summed E-state index contributed by atoms with van der Waals surface area (Å²) in [5.41, 5.74) is 3.68. The van der Waals surface area contributed by atoms with E-state index in [1.165, 1.54) is 5.56 Å². The number of nitrogens with one attached hydrogen (secondary N) is 1. The maximum absolute atomic E-state index is 13.9. The number of carbonyl (C=O) groups excluding carboxylic acids is 1. The van der Waals surface area contributed by atoms with Crippen LogP contribution in [0.1, 0.15) is 42.5 Å². The minimum atomic E-state index is -0.000398. The number of ether oxygens (including phenoxy) is 1. The van der Waals surface area contributed by atoms with Gasteiger partial charge in [-0.25, -0.2) is 9.97 Å². The molecule has 1 aromatic carbocycles. The SMILES string of the molecule is C[C@@H]1Cc2cnc(NC[C@@H]([Si])C3CCOC3)nc2CN1C(=O)[C@H]1CCN(C)C[C@@H]1c1ccccc1. The van der Waals surface area contributed by atoms with Gasteiger partial charge < -0.3 is 19.9 Å². The van der Waals surface area contributed by atoms with Crippen LogP contribution in [0.4, 0.5) is 5.95 Å². The lowest BCUT2D eigenvalue weighted by molar-refractivity contribution is -0.141. The smallest absolute Gasteiger partial charge is 0.227 e. The monoisotopic (exact) mass is 490 g/mol. The molecule has 7 nitrogen and oxygen atoms in total. The van der Waals surface area contributed by atoms with Crippen LogP contribution in [0.3, 0.4) is 0 Å². The van der Waals surface area contributed by atoms with E-state index in [-0.39, 0.29) is 23.8 Å². The average molecular weight is 491 g/mol. The highest BCUT2D eigenvalue weighted by Crippen LogP contribution is 2.35. The zero-order chi connectivity index (χ0) is 24.4. The molecule has 8 heteroatoms. The first-order valence-corrected chi connectivity index (χ1v) is 13.5. The summed E-state index contributed by atoms with van der Waals surface area (Å²) in [4.78, 5) is 27.7. The normalized spacial score (nSPS) is 27.9. The Labute approximate surface area is 212 Å². The zero-order valence-electron chi connectivity index (χ0n) is 20.8. The second-order valence-corrected chi connectivity index (χ2v) is 11.2. The quantitative estimate of drug-likeness (QED) is 0.628. The van der Waals surface area contributed by atoms with Gasteiger partial charge in [-0.15, -0.1) is 0 Å². The van der Waals surface area contributed by atoms with Crippen molar-refractivity contribution in [2.75, 3.05) is 45.2 Å². The molecule has 0 saturated carbocycles. The molecule has 1 N–H and O–H groups in total. The molecule has 1 amide bonds. The number of amides is 1. The molecule has 35 heavy (non-hydrogen) atoms. The van der Waals surface area contributed by atoms with Gasteiger partial charge in [0.05, 0.1) is 12.2 Å². The molecule has 5 atom stereocenters. The largest absolute Gasteiger partial charge is 0.381 e. The summed E-state index contributed by atoms with van der Waals surface area (Å²) in [5.74, 6) is 1.63. The van der Waals surface area contributed by atoms with E-state index in [1.54, 1.807) is 0 Å². The van der Waals surface area contributed by atoms with Gasteiger partial charge in [-0.1, -0.05) is 30.3 Å². The molecule has 2 aromatic rings. The van der Waals surface area contributed by atoms with Crippen molar-refractivity contribution in [2.24, 2.45) is 11.8 Å². The van der Waals surface area contributed by atoms with Gasteiger partial charge in [0, 0.05) is 60.6 Å². The van der Waals surface area contributed by atoms with Gasteiger partial charge in [0.1, 0.15) is 0 Å². The zero-order valence-corrected chi connectivity index (χ0v) is 21.8. The summed E-state index contributed by atoms with van der Waals surface area (Å²) in [7, 11) is 6.00. The lowest BCUT2D eigenvalue weighted by atomic mass is 9.79. The topological polar surface area (TPSA) is 70.6 Å². The van der Waals surface area contributed by atoms with Crippen LogP contribution in [0, 0.1) is 11.8 Å². The number of hydrogen-bond acceptors (Lipinski definition) is 6. The second kappa shape index (κ2) is 10.8. The summed E-state index contributed by atoms with van der Waals surface area (Å²) in [6.45, 7) is 6.95. The molecule has 0 bridgehead atoms. The van der Waals surface area contributed by atoms with Crippen LogP contribution < -0.4 is 5.32 Å². The molecule has 2 saturated heterocycles. The summed E-state index contributed by atoms with van der Waals surface area (Å²) in [6.07, 6.45) is 4.70. The highest BCUT2D eigenvalue weighted by Gasteiger charge is 2.39. The number of hydrogen-bond donors (Lipinski definition) is 1. The van der Waals surface area contributed by atoms with Gasteiger partial charge in [-0.2, -0.15) is 0 Å². The standard InChI is InChI=1S/C27H36N5O2Si/c1-18-12-21-13-28-27(29-14-25(35)20-9-11-34-17-20)30-24(21)16-32(18)26(33)22-8-10-31(2)15-23(22)19-6-4-3-5-7-19/h3-7,13,18,20,22-23,25H,8-12,14-17H2,1-2H3,(H,28,29,30)/t18-,20?,22+,23-,25-/m1/s1. The second-order valence-electron chi connectivity index (χ2n) is 10.5. The Bertz CT molecular complexity index is 1020. The molecule has 3 aliphatic heterocycles. The lowest BCUT2D eigenvalue weighted by Gasteiger charge is -2.42. The number of nitrogens with zero attached hydrogens (tertiary/aromatic N) is 4. The van der Waals surface area contributed by atoms with Gasteiger partial charge in [0.15, 0.2) is 0 Å². The maximum atomic E-state index is 13.9. The molecular weight excluding hydrogens is 454 g/mol. The molecule has 3 radical (unpaired) electrons. The van der Waals surface area contributed by atoms with Crippen LogP contribution in [0.2, 0.25) is 5.54 Å². The van der Waals surface area contributed by atoms with Crippen molar-refractivity contribution in [3.63, 3.8) is 0 Å². The third kappa shape index (κ3) is 5.44. The minimum absolute atomic E-state index is 0.000398. The molecule has 5 rings (SSSR count). The van der Waals surface area contributed by atoms with Crippen LogP contribution in [0.15, 0.2) is 36.5 Å². The Morgan fingerprint density at radius 2 is 2.11 bits per heavy atom. The summed E-state index contributed by atoms with van der Waals surface area (Å²) < 4.78 is 5.51. The van der Waals surface area contributed by atoms with Crippen molar-refractivity contribution in [3.05, 3.63) is 53.3 Å². The third-order valence-electron chi connectivity index (χ3n) is 7.98. The Balaban J connectivity index is 1.29. The van der Waals surface area contributed by atoms with Crippen LogP contribution in [-0.4, -0.2) is 81.9 Å². The molecule has 3 aliphatic rings. The van der Waals surface area contributed by atoms with E-state index in [0.29, 0.717) is 24.0 Å². The van der Waals surface area contributed by atoms with Crippen molar-refractivity contribution in [3.8, 4) is 0 Å². The first-order chi connectivity index (χ1) is 17.0. The van der Waals surface area contributed by atoms with Gasteiger partial charge in [0.25, 0.3) is 0 Å². The molecule has 0 spiro atoms. The van der Waals surface area contributed by atoms with Crippen molar-refractivity contribution < 1.29 is 9.53 Å². The third-order valence-corrected chi connectivity index (χ3v) is 8.66. The highest BCUT2D eigenvalue weighted by molar-refractivity contribution is 6.12. The predicted molar refractivity (Wildman–Crippen MR) is 137 cm³/mol. The summed E-state index contributed by atoms with van der Waals surface area (Å²) >= 11 is 0. The fraction of sp³-hybridized carbons (Fsp3) is 0.593. The van der Waals surface area contributed by atoms with E-state index in [1.807, 2.05) is 12.3 Å². The molecule has 4 heterocycles. The number of fused-ring (bicyclic) bond motifs is 1. The first kappa shape index (κ1) is 24.4. The average Bonchev–Trinajstić information content (AvgIpc) is 3.42. The number of benzene rings is 1. The van der Waals surface area contributed by atoms with E-state index in [2.05, 4.69) is 68.6 Å². The summed E-state index contributed by atoms with van der Waals surface area (Å²) in [5, 5.41) is 3.39. The highest BCUT2D eigenvalue weighted by atomic mass is 28.1. The first-order valence-electron chi connectivity index (χ1n) is 12.9. The Morgan fingerprint density at radius 3 is 2.89 bits per heavy atom. The molecule has 1 aromatic heterocycles. The van der Waals surface area contributed by atoms with Gasteiger partial charge in [-0.05, 0) is 62.4 Å². The Morgan fingerprint density at radius 1 is 1.29 bits per heavy atom. The van der Waals surface area contributed by atoms with Gasteiger partial charge in [-0.3, -0.25) is 4.79 Å². The number of piperidine rings is 1. The Hall–Kier alpha value is -2.29. The lowest BCUT2D eigenvalue weighted by Crippen LogP contribution is -2.50. The molecular formula is C27H36N5O2Si. The van der Waals surface area contributed by atoms with Gasteiger partial charge in [0.2, 0.25) is 11.9 Å². The molecule has 2 fully saturated rings. The number of likely N-dealkylation sites (N-methyl/N-ethyl adjacent to an activating group) is 1. The minimum Gasteiger partial charge on any atom is -0.381 e. The van der Waals surface area contributed by atoms with Crippen molar-refractivity contribution >= 4 is 22.1 Å². The van der Waals surface area contributed by atoms with Crippen molar-refractivity contribution in [2.45, 2.75) is 50.2 Å². The van der Waals surface area contributed by atoms with Crippen molar-refractivity contribution in [1.82, 2.24) is 19.8 Å². The number of rotatable bonds is 6. The molecule has 185 valence electrons. The van der Waals surface area contributed by atoms with E-state index in [0.717, 1.165) is 63.4 Å². The van der Waals surface area contributed by atoms with Crippen LogP contribution in [0.5, 0.6) is 0 Å². The van der Waals surface area contributed by atoms with E-state index in [9.17, 15) is 4.79 Å². The molecule has 0 aliphatic carbocycles. The molecule has 1 unspecified atom stereocenters. The number of aromatic nitrogens is 2. The van der Waals surface area contributed by atoms with Crippen LogP contribution in [-0.2, 0) is 22.5 Å². The fourth-order valence-electron chi connectivity index (χ4n) is 5.77. The fourth-order valence-corrected chi connectivity index (χ4v) is 6.14. The number of anilines is 1. The predicted octanol–water partition coefficient (Wildman–Crippen LogP) is 2.89. The van der Waals surface area contributed by atoms with Crippen LogP contribution in [0.25, 0.3) is 0 Å². The van der Waals surface area contributed by atoms with Crippen LogP contribution >= 0.6 is 0 Å². The van der Waals surface area contributed by atoms with E-state index >= 15 is 0 Å². The van der Waals surface area contributed by atoms with E-state index < -0.39 is 0 Å². The van der Waals surface area contributed by atoms with E-state index in [4.69, 9.17) is 9.72 Å². The Kier molecular flexibility index (Phi) is 7.50. The number of carbonyl (C=O) groups is 1. The number of likely N-dealkylation sites (tertiary alicyclic amines) is 1. The summed E-state index contributed by atoms with van der Waals surface area (Å²) in [6, 6.07) is 10.7. The maximum Gasteiger partial charge on any atom is 0.227 e. The van der Waals surface area contributed by atoms with Gasteiger partial charge >= 0.3 is 0 Å². The van der Waals surface area contributed by atoms with Crippen molar-refractivity contribution in [1.29, 1.82) is 0 Å².